The first kappa shape index (κ1) is 23.8. The van der Waals surface area contributed by atoms with E-state index in [0.717, 1.165) is 23.0 Å². The fourth-order valence-corrected chi connectivity index (χ4v) is 3.23. The topological polar surface area (TPSA) is 99.3 Å². The molecule has 1 heterocycles. The predicted octanol–water partition coefficient (Wildman–Crippen LogP) is 4.46. The van der Waals surface area contributed by atoms with Crippen molar-refractivity contribution in [2.75, 3.05) is 12.3 Å². The Balaban J connectivity index is 0.00000107. The van der Waals surface area contributed by atoms with Gasteiger partial charge < -0.3 is 10.5 Å². The highest BCUT2D eigenvalue weighted by molar-refractivity contribution is 5.95. The van der Waals surface area contributed by atoms with Crippen LogP contribution < -0.4 is 10.5 Å². The number of nitrogens with zero attached hydrogens (tertiary/aromatic N) is 1. The number of ether oxygens (including phenoxy) is 1. The van der Waals surface area contributed by atoms with Crippen molar-refractivity contribution in [2.45, 2.75) is 40.5 Å². The Morgan fingerprint density at radius 3 is 2.39 bits per heavy atom. The highest BCUT2D eigenvalue weighted by atomic mass is 16.5. The maximum atomic E-state index is 12.8. The summed E-state index contributed by atoms with van der Waals surface area (Å²) in [7, 11) is 0. The number of nitrogen functional groups attached to an aromatic ring is 1. The molecule has 3 aromatic rings. The Morgan fingerprint density at radius 1 is 1.10 bits per heavy atom. The molecular formula is C25H28N2O4. The Morgan fingerprint density at radius 2 is 1.74 bits per heavy atom. The lowest BCUT2D eigenvalue weighted by Crippen LogP contribution is -2.31. The van der Waals surface area contributed by atoms with Crippen LogP contribution in [0.5, 0.6) is 5.75 Å². The number of carbonyl (C=O) groups is 1. The monoisotopic (exact) mass is 420 g/mol. The molecule has 0 saturated carbocycles. The maximum Gasteiger partial charge on any atom is 0.373 e. The average Bonchev–Trinajstić information content (AvgIpc) is 2.71. The highest BCUT2D eigenvalue weighted by Crippen LogP contribution is 2.32. The summed E-state index contributed by atoms with van der Waals surface area (Å²) in [4.78, 5) is 33.6. The van der Waals surface area contributed by atoms with E-state index in [2.05, 4.69) is 36.2 Å². The van der Waals surface area contributed by atoms with Crippen molar-refractivity contribution < 1.29 is 19.1 Å². The molecule has 0 amide bonds. The first-order chi connectivity index (χ1) is 14.7. The van der Waals surface area contributed by atoms with Crippen LogP contribution in [-0.2, 0) is 20.8 Å². The molecule has 31 heavy (non-hydrogen) atoms. The molecule has 2 N–H and O–H groups in total. The largest absolute Gasteiger partial charge is 0.492 e. The van der Waals surface area contributed by atoms with Gasteiger partial charge in [-0.25, -0.2) is 0 Å². The van der Waals surface area contributed by atoms with Crippen LogP contribution in [0.15, 0.2) is 48.5 Å². The molecule has 1 aromatic heterocycles. The zero-order chi connectivity index (χ0) is 23.0. The molecule has 0 fully saturated rings. The molecule has 0 bridgehead atoms. The van der Waals surface area contributed by atoms with Crippen molar-refractivity contribution in [1.29, 1.82) is 0 Å². The zero-order valence-electron chi connectivity index (χ0n) is 18.4. The molecule has 0 saturated heterocycles. The second kappa shape index (κ2) is 10.5. The molecule has 0 aliphatic heterocycles. The van der Waals surface area contributed by atoms with E-state index in [0.29, 0.717) is 24.5 Å². The summed E-state index contributed by atoms with van der Waals surface area (Å²) in [6.07, 6.45) is 1.49. The minimum atomic E-state index is -0.584. The second-order valence-corrected chi connectivity index (χ2v) is 8.17. The lowest BCUT2D eigenvalue weighted by Gasteiger charge is -2.24. The van der Waals surface area contributed by atoms with Crippen molar-refractivity contribution in [1.82, 2.24) is 4.98 Å². The van der Waals surface area contributed by atoms with Gasteiger partial charge in [0.2, 0.25) is 0 Å². The molecule has 2 aromatic carbocycles. The molecule has 0 aliphatic carbocycles. The quantitative estimate of drug-likeness (QED) is 0.606. The number of ketones is 1. The second-order valence-electron chi connectivity index (χ2n) is 8.17. The van der Waals surface area contributed by atoms with E-state index in [1.807, 2.05) is 45.0 Å². The van der Waals surface area contributed by atoms with Gasteiger partial charge in [0.25, 0.3) is 0 Å². The standard InChI is InChI=1S/C24H28N2O2.CO2/c1-16-8-10-18(11-9-16)12-13-22(27)24(3,4)15-28-21-7-5-6-20-23(21)19(25)14-17(2)26-20;2-1-3/h5-11,14H,12-13,15H2,1-4H3,(H2,25,26);. The molecule has 0 radical (unpaired) electrons. The smallest absolute Gasteiger partial charge is 0.373 e. The Kier molecular flexibility index (Phi) is 8.06. The minimum absolute atomic E-state index is 0.190. The fourth-order valence-electron chi connectivity index (χ4n) is 3.23. The van der Waals surface area contributed by atoms with Gasteiger partial charge in [-0.1, -0.05) is 35.9 Å². The minimum Gasteiger partial charge on any atom is -0.492 e. The van der Waals surface area contributed by atoms with E-state index < -0.39 is 5.41 Å². The molecular weight excluding hydrogens is 392 g/mol. The van der Waals surface area contributed by atoms with Crippen LogP contribution in [0, 0.1) is 19.3 Å². The van der Waals surface area contributed by atoms with Gasteiger partial charge in [-0.2, -0.15) is 9.59 Å². The maximum absolute atomic E-state index is 12.8. The number of anilines is 1. The summed E-state index contributed by atoms with van der Waals surface area (Å²) < 4.78 is 6.05. The van der Waals surface area contributed by atoms with E-state index >= 15 is 0 Å². The molecule has 0 aliphatic rings. The lowest BCUT2D eigenvalue weighted by atomic mass is 9.86. The predicted molar refractivity (Wildman–Crippen MR) is 120 cm³/mol. The molecule has 0 spiro atoms. The van der Waals surface area contributed by atoms with Crippen molar-refractivity contribution >= 4 is 28.5 Å². The average molecular weight is 421 g/mol. The van der Waals surface area contributed by atoms with Crippen LogP contribution in [0.1, 0.15) is 37.1 Å². The first-order valence-electron chi connectivity index (χ1n) is 10.0. The van der Waals surface area contributed by atoms with E-state index in [9.17, 15) is 4.79 Å². The Bertz CT molecular complexity index is 1080. The van der Waals surface area contributed by atoms with Crippen molar-refractivity contribution in [2.24, 2.45) is 5.41 Å². The van der Waals surface area contributed by atoms with Gasteiger partial charge in [0.05, 0.1) is 16.3 Å². The van der Waals surface area contributed by atoms with Crippen LogP contribution >= 0.6 is 0 Å². The number of fused-ring (bicyclic) bond motifs is 1. The Labute approximate surface area is 182 Å². The van der Waals surface area contributed by atoms with Crippen LogP contribution in [0.25, 0.3) is 10.9 Å². The summed E-state index contributed by atoms with van der Waals surface area (Å²) in [6, 6.07) is 15.9. The van der Waals surface area contributed by atoms with Crippen LogP contribution in [0.2, 0.25) is 0 Å². The first-order valence-corrected chi connectivity index (χ1v) is 10.0. The highest BCUT2D eigenvalue weighted by Gasteiger charge is 2.28. The number of nitrogens with two attached hydrogens (primary N) is 1. The number of aromatic nitrogens is 1. The van der Waals surface area contributed by atoms with Crippen LogP contribution in [0.4, 0.5) is 5.69 Å². The van der Waals surface area contributed by atoms with Crippen molar-refractivity contribution in [3.05, 3.63) is 65.4 Å². The molecule has 0 unspecified atom stereocenters. The summed E-state index contributed by atoms with van der Waals surface area (Å²) in [6.45, 7) is 8.14. The Hall–Kier alpha value is -3.50. The number of benzene rings is 2. The third-order valence-corrected chi connectivity index (χ3v) is 5.06. The number of hydrogen-bond acceptors (Lipinski definition) is 6. The number of hydrogen-bond donors (Lipinski definition) is 1. The van der Waals surface area contributed by atoms with Crippen LogP contribution in [0.3, 0.4) is 0 Å². The van der Waals surface area contributed by atoms with E-state index in [1.165, 1.54) is 11.1 Å². The third-order valence-electron chi connectivity index (χ3n) is 5.06. The molecule has 0 atom stereocenters. The molecule has 6 nitrogen and oxygen atoms in total. The third kappa shape index (κ3) is 6.49. The van der Waals surface area contributed by atoms with E-state index in [1.54, 1.807) is 0 Å². The summed E-state index contributed by atoms with van der Waals surface area (Å²) >= 11 is 0. The van der Waals surface area contributed by atoms with E-state index in [4.69, 9.17) is 20.1 Å². The lowest BCUT2D eigenvalue weighted by molar-refractivity contribution is -0.191. The summed E-state index contributed by atoms with van der Waals surface area (Å²) in [5.41, 5.74) is 10.3. The van der Waals surface area contributed by atoms with E-state index in [-0.39, 0.29) is 11.9 Å². The van der Waals surface area contributed by atoms with Gasteiger partial charge in [-0.05, 0) is 57.9 Å². The van der Waals surface area contributed by atoms with Crippen molar-refractivity contribution in [3.63, 3.8) is 0 Å². The molecule has 162 valence electrons. The summed E-state index contributed by atoms with van der Waals surface area (Å²) in [5, 5.41) is 0.802. The van der Waals surface area contributed by atoms with Gasteiger partial charge >= 0.3 is 6.15 Å². The fraction of sp³-hybridized carbons (Fsp3) is 0.320. The van der Waals surface area contributed by atoms with Gasteiger partial charge in [-0.3, -0.25) is 9.78 Å². The van der Waals surface area contributed by atoms with Gasteiger partial charge in [0.15, 0.2) is 0 Å². The number of carbonyl (C=O) groups excluding carboxylic acids is 3. The SMILES string of the molecule is Cc1ccc(CCC(=O)C(C)(C)COc2cccc3nc(C)cc(N)c23)cc1.O=C=O. The number of pyridine rings is 1. The number of rotatable bonds is 7. The van der Waals surface area contributed by atoms with Gasteiger partial charge in [0.1, 0.15) is 18.1 Å². The van der Waals surface area contributed by atoms with Crippen molar-refractivity contribution in [3.8, 4) is 5.75 Å². The van der Waals surface area contributed by atoms with Gasteiger partial charge in [0, 0.05) is 17.8 Å². The normalized spacial score (nSPS) is 10.7. The number of aryl methyl sites for hydroxylation is 3. The number of Topliss-reactive ketones (excluding diaryl/α,β-unsaturated/α-hetero) is 1. The summed E-state index contributed by atoms with van der Waals surface area (Å²) in [5.74, 6) is 0.858. The van der Waals surface area contributed by atoms with Crippen LogP contribution in [-0.4, -0.2) is 23.5 Å². The zero-order valence-corrected chi connectivity index (χ0v) is 18.4. The molecule has 6 heteroatoms. The van der Waals surface area contributed by atoms with Gasteiger partial charge in [-0.15, -0.1) is 0 Å². The molecule has 3 rings (SSSR count).